The Bertz CT molecular complexity index is 383. The molecule has 88 valence electrons. The highest BCUT2D eigenvalue weighted by Gasteiger charge is 2.29. The number of aliphatic hydroxyl groups excluding tert-OH is 1. The maximum absolute atomic E-state index is 10.3. The number of likely N-dealkylation sites (tertiary alicyclic amines) is 1. The van der Waals surface area contributed by atoms with Crippen LogP contribution in [0, 0.1) is 0 Å². The van der Waals surface area contributed by atoms with Crippen molar-refractivity contribution in [1.82, 2.24) is 4.90 Å². The van der Waals surface area contributed by atoms with Gasteiger partial charge in [-0.15, -0.1) is 0 Å². The van der Waals surface area contributed by atoms with Crippen LogP contribution in [-0.2, 0) is 0 Å². The SMILES string of the molecule is CN1CCCC1C(O)c1ccc(Cl)cc1N. The van der Waals surface area contributed by atoms with Gasteiger partial charge in [0, 0.05) is 22.3 Å². The summed E-state index contributed by atoms with van der Waals surface area (Å²) in [5.74, 6) is 0. The predicted molar refractivity (Wildman–Crippen MR) is 66.5 cm³/mol. The van der Waals surface area contributed by atoms with Crippen molar-refractivity contribution in [2.75, 3.05) is 19.3 Å². The van der Waals surface area contributed by atoms with E-state index in [2.05, 4.69) is 4.90 Å². The molecule has 16 heavy (non-hydrogen) atoms. The maximum Gasteiger partial charge on any atom is 0.0964 e. The zero-order valence-corrected chi connectivity index (χ0v) is 10.1. The van der Waals surface area contributed by atoms with E-state index in [1.807, 2.05) is 13.1 Å². The number of likely N-dealkylation sites (N-methyl/N-ethyl adjacent to an activating group) is 1. The van der Waals surface area contributed by atoms with Crippen molar-refractivity contribution in [3.63, 3.8) is 0 Å². The van der Waals surface area contributed by atoms with Crippen molar-refractivity contribution in [3.8, 4) is 0 Å². The second-order valence-electron chi connectivity index (χ2n) is 4.41. The number of anilines is 1. The minimum Gasteiger partial charge on any atom is -0.398 e. The Kier molecular flexibility index (Phi) is 3.38. The summed E-state index contributed by atoms with van der Waals surface area (Å²) in [7, 11) is 2.03. The third kappa shape index (κ3) is 2.17. The van der Waals surface area contributed by atoms with Crippen LogP contribution < -0.4 is 5.73 Å². The summed E-state index contributed by atoms with van der Waals surface area (Å²) in [6.45, 7) is 1.04. The molecule has 0 aromatic heterocycles. The van der Waals surface area contributed by atoms with E-state index in [-0.39, 0.29) is 6.04 Å². The summed E-state index contributed by atoms with van der Waals surface area (Å²) in [6.07, 6.45) is 1.62. The first-order valence-corrected chi connectivity index (χ1v) is 5.90. The lowest BCUT2D eigenvalue weighted by molar-refractivity contribution is 0.0863. The predicted octanol–water partition coefficient (Wildman–Crippen LogP) is 2.05. The highest BCUT2D eigenvalue weighted by atomic mass is 35.5. The van der Waals surface area contributed by atoms with Crippen molar-refractivity contribution in [1.29, 1.82) is 0 Å². The molecule has 0 amide bonds. The maximum atomic E-state index is 10.3. The van der Waals surface area contributed by atoms with Crippen LogP contribution in [0.4, 0.5) is 5.69 Å². The van der Waals surface area contributed by atoms with Gasteiger partial charge in [-0.05, 0) is 38.6 Å². The van der Waals surface area contributed by atoms with Gasteiger partial charge >= 0.3 is 0 Å². The minimum absolute atomic E-state index is 0.170. The molecule has 1 aromatic carbocycles. The highest BCUT2D eigenvalue weighted by Crippen LogP contribution is 2.32. The molecular formula is C12H17ClN2O. The van der Waals surface area contributed by atoms with Crippen molar-refractivity contribution in [2.24, 2.45) is 0 Å². The second-order valence-corrected chi connectivity index (χ2v) is 4.84. The largest absolute Gasteiger partial charge is 0.398 e. The molecule has 2 rings (SSSR count). The Hall–Kier alpha value is -0.770. The number of benzene rings is 1. The van der Waals surface area contributed by atoms with Gasteiger partial charge in [-0.25, -0.2) is 0 Å². The molecule has 0 saturated carbocycles. The number of hydrogen-bond acceptors (Lipinski definition) is 3. The zero-order valence-electron chi connectivity index (χ0n) is 9.36. The van der Waals surface area contributed by atoms with Crippen LogP contribution in [0.15, 0.2) is 18.2 Å². The molecule has 1 fully saturated rings. The molecule has 0 bridgehead atoms. The average Bonchev–Trinajstić information content (AvgIpc) is 2.63. The summed E-state index contributed by atoms with van der Waals surface area (Å²) < 4.78 is 0. The molecular weight excluding hydrogens is 224 g/mol. The fourth-order valence-electron chi connectivity index (χ4n) is 2.36. The van der Waals surface area contributed by atoms with Crippen LogP contribution in [0.3, 0.4) is 0 Å². The lowest BCUT2D eigenvalue weighted by Gasteiger charge is -2.26. The smallest absolute Gasteiger partial charge is 0.0964 e. The summed E-state index contributed by atoms with van der Waals surface area (Å²) in [6, 6.07) is 5.44. The zero-order chi connectivity index (χ0) is 11.7. The Morgan fingerprint density at radius 2 is 2.31 bits per heavy atom. The minimum atomic E-state index is -0.523. The van der Waals surface area contributed by atoms with Crippen LogP contribution in [0.5, 0.6) is 0 Å². The van der Waals surface area contributed by atoms with E-state index in [0.29, 0.717) is 10.7 Å². The third-order valence-electron chi connectivity index (χ3n) is 3.31. The van der Waals surface area contributed by atoms with Crippen LogP contribution in [-0.4, -0.2) is 29.6 Å². The lowest BCUT2D eigenvalue weighted by Crippen LogP contribution is -2.31. The van der Waals surface area contributed by atoms with Gasteiger partial charge in [-0.1, -0.05) is 17.7 Å². The quantitative estimate of drug-likeness (QED) is 0.778. The summed E-state index contributed by atoms with van der Waals surface area (Å²) in [5, 5.41) is 10.9. The highest BCUT2D eigenvalue weighted by molar-refractivity contribution is 6.30. The normalized spacial score (nSPS) is 23.6. The lowest BCUT2D eigenvalue weighted by atomic mass is 9.99. The molecule has 3 N–H and O–H groups in total. The first-order chi connectivity index (χ1) is 7.59. The fourth-order valence-corrected chi connectivity index (χ4v) is 2.54. The van der Waals surface area contributed by atoms with E-state index in [4.69, 9.17) is 17.3 Å². The van der Waals surface area contributed by atoms with Gasteiger partial charge in [-0.2, -0.15) is 0 Å². The molecule has 0 spiro atoms. The number of aliphatic hydroxyl groups is 1. The first kappa shape index (κ1) is 11.7. The molecule has 4 heteroatoms. The molecule has 1 heterocycles. The van der Waals surface area contributed by atoms with Crippen molar-refractivity contribution in [3.05, 3.63) is 28.8 Å². The van der Waals surface area contributed by atoms with Crippen LogP contribution in [0.1, 0.15) is 24.5 Å². The number of nitrogen functional groups attached to an aromatic ring is 1. The Labute approximate surface area is 101 Å². The van der Waals surface area contributed by atoms with E-state index in [9.17, 15) is 5.11 Å². The van der Waals surface area contributed by atoms with E-state index in [0.717, 1.165) is 24.9 Å². The van der Waals surface area contributed by atoms with Gasteiger partial charge in [0.2, 0.25) is 0 Å². The Morgan fingerprint density at radius 1 is 1.56 bits per heavy atom. The van der Waals surface area contributed by atoms with Gasteiger partial charge in [0.05, 0.1) is 6.10 Å². The number of rotatable bonds is 2. The van der Waals surface area contributed by atoms with Crippen LogP contribution in [0.25, 0.3) is 0 Å². The topological polar surface area (TPSA) is 49.5 Å². The number of nitrogens with two attached hydrogens (primary N) is 1. The Morgan fingerprint density at radius 3 is 2.88 bits per heavy atom. The van der Waals surface area contributed by atoms with E-state index in [1.54, 1.807) is 12.1 Å². The molecule has 0 aliphatic carbocycles. The molecule has 2 unspecified atom stereocenters. The van der Waals surface area contributed by atoms with E-state index < -0.39 is 6.10 Å². The number of hydrogen-bond donors (Lipinski definition) is 2. The van der Waals surface area contributed by atoms with Crippen molar-refractivity contribution < 1.29 is 5.11 Å². The van der Waals surface area contributed by atoms with Crippen LogP contribution in [0.2, 0.25) is 5.02 Å². The monoisotopic (exact) mass is 240 g/mol. The molecule has 3 nitrogen and oxygen atoms in total. The first-order valence-electron chi connectivity index (χ1n) is 5.53. The number of nitrogens with zero attached hydrogens (tertiary/aromatic N) is 1. The second kappa shape index (κ2) is 4.62. The van der Waals surface area contributed by atoms with Gasteiger partial charge in [0.25, 0.3) is 0 Å². The summed E-state index contributed by atoms with van der Waals surface area (Å²) in [4.78, 5) is 2.18. The summed E-state index contributed by atoms with van der Waals surface area (Å²) >= 11 is 5.84. The van der Waals surface area contributed by atoms with E-state index in [1.165, 1.54) is 0 Å². The molecule has 1 aromatic rings. The van der Waals surface area contributed by atoms with Gasteiger partial charge in [0.15, 0.2) is 0 Å². The third-order valence-corrected chi connectivity index (χ3v) is 3.54. The molecule has 1 aliphatic rings. The molecule has 2 atom stereocenters. The van der Waals surface area contributed by atoms with Crippen molar-refractivity contribution in [2.45, 2.75) is 25.0 Å². The van der Waals surface area contributed by atoms with Gasteiger partial charge < -0.3 is 15.7 Å². The Balaban J connectivity index is 2.23. The van der Waals surface area contributed by atoms with Gasteiger partial charge in [-0.3, -0.25) is 0 Å². The fraction of sp³-hybridized carbons (Fsp3) is 0.500. The van der Waals surface area contributed by atoms with Gasteiger partial charge in [0.1, 0.15) is 0 Å². The van der Waals surface area contributed by atoms with E-state index >= 15 is 0 Å². The molecule has 0 radical (unpaired) electrons. The standard InChI is InChI=1S/C12H17ClN2O/c1-15-6-2-3-11(15)12(16)9-5-4-8(13)7-10(9)14/h4-5,7,11-12,16H,2-3,6,14H2,1H3. The average molecular weight is 241 g/mol. The summed E-state index contributed by atoms with van der Waals surface area (Å²) in [5.41, 5.74) is 7.22. The van der Waals surface area contributed by atoms with Crippen molar-refractivity contribution >= 4 is 17.3 Å². The molecule has 1 aliphatic heterocycles. The van der Waals surface area contributed by atoms with Crippen LogP contribution >= 0.6 is 11.6 Å². The molecule has 1 saturated heterocycles. The number of halogens is 1.